The van der Waals surface area contributed by atoms with E-state index >= 15 is 0 Å². The van der Waals surface area contributed by atoms with Crippen LogP contribution >= 0.6 is 0 Å². The predicted octanol–water partition coefficient (Wildman–Crippen LogP) is 0.282. The van der Waals surface area contributed by atoms with Crippen LogP contribution in [0.15, 0.2) is 6.33 Å². The average Bonchev–Trinajstić information content (AvgIpc) is 2.53. The second kappa shape index (κ2) is 3.23. The van der Waals surface area contributed by atoms with E-state index in [1.54, 1.807) is 6.33 Å². The Morgan fingerprint density at radius 2 is 2.25 bits per heavy atom. The third kappa shape index (κ3) is 1.34. The second-order valence-corrected chi connectivity index (χ2v) is 3.32. The summed E-state index contributed by atoms with van der Waals surface area (Å²) in [5.74, 6) is 1.75. The number of nitrogens with zero attached hydrogens (tertiary/aromatic N) is 3. The molecule has 1 saturated heterocycles. The first kappa shape index (κ1) is 7.73. The molecule has 66 valence electrons. The quantitative estimate of drug-likeness (QED) is 0.651. The first-order valence-corrected chi connectivity index (χ1v) is 4.42. The van der Waals surface area contributed by atoms with Gasteiger partial charge in [0.2, 0.25) is 0 Å². The molecule has 0 atom stereocenters. The highest BCUT2D eigenvalue weighted by molar-refractivity contribution is 4.97. The van der Waals surface area contributed by atoms with Gasteiger partial charge in [-0.3, -0.25) is 0 Å². The maximum Gasteiger partial charge on any atom is 0.135 e. The van der Waals surface area contributed by atoms with Crippen molar-refractivity contribution in [2.24, 2.45) is 7.05 Å². The maximum absolute atomic E-state index is 4.12. The lowest BCUT2D eigenvalue weighted by molar-refractivity contribution is 0.436. The van der Waals surface area contributed by atoms with Crippen LogP contribution in [0.25, 0.3) is 0 Å². The molecule has 1 aliphatic rings. The van der Waals surface area contributed by atoms with Crippen LogP contribution in [-0.2, 0) is 7.05 Å². The monoisotopic (exact) mass is 166 g/mol. The minimum absolute atomic E-state index is 0.610. The van der Waals surface area contributed by atoms with E-state index in [0.29, 0.717) is 5.92 Å². The van der Waals surface area contributed by atoms with Crippen LogP contribution in [0.5, 0.6) is 0 Å². The fraction of sp³-hybridized carbons (Fsp3) is 0.750. The third-order valence-electron chi connectivity index (χ3n) is 2.45. The summed E-state index contributed by atoms with van der Waals surface area (Å²) in [6.07, 6.45) is 4.15. The molecule has 0 spiro atoms. The van der Waals surface area contributed by atoms with E-state index in [0.717, 1.165) is 18.9 Å². The fourth-order valence-corrected chi connectivity index (χ4v) is 1.74. The highest BCUT2D eigenvalue weighted by Gasteiger charge is 2.18. The molecule has 0 amide bonds. The van der Waals surface area contributed by atoms with Gasteiger partial charge in [0.25, 0.3) is 0 Å². The normalized spacial score (nSPS) is 19.8. The third-order valence-corrected chi connectivity index (χ3v) is 2.45. The average molecular weight is 166 g/mol. The van der Waals surface area contributed by atoms with Gasteiger partial charge in [0.15, 0.2) is 0 Å². The zero-order chi connectivity index (χ0) is 8.39. The van der Waals surface area contributed by atoms with Crippen molar-refractivity contribution in [1.82, 2.24) is 20.1 Å². The largest absolute Gasteiger partial charge is 0.320 e. The molecule has 1 aromatic heterocycles. The molecule has 1 aromatic rings. The standard InChI is InChI=1S/C8H14N4/c1-12-6-10-11-8(12)7-2-4-9-5-3-7/h6-7,9H,2-5H2,1H3. The van der Waals surface area contributed by atoms with Crippen LogP contribution in [0.1, 0.15) is 24.6 Å². The van der Waals surface area contributed by atoms with E-state index in [-0.39, 0.29) is 0 Å². The van der Waals surface area contributed by atoms with Crippen molar-refractivity contribution >= 4 is 0 Å². The van der Waals surface area contributed by atoms with Crippen molar-refractivity contribution in [1.29, 1.82) is 0 Å². The molecule has 12 heavy (non-hydrogen) atoms. The molecule has 2 rings (SSSR count). The first-order valence-electron chi connectivity index (χ1n) is 4.42. The van der Waals surface area contributed by atoms with Crippen molar-refractivity contribution < 1.29 is 0 Å². The van der Waals surface area contributed by atoms with Crippen LogP contribution in [0, 0.1) is 0 Å². The Hall–Kier alpha value is -0.900. The molecule has 1 fully saturated rings. The van der Waals surface area contributed by atoms with Crippen molar-refractivity contribution in [3.05, 3.63) is 12.2 Å². The molecule has 0 saturated carbocycles. The number of piperidine rings is 1. The van der Waals surface area contributed by atoms with Crippen LogP contribution in [0.4, 0.5) is 0 Å². The van der Waals surface area contributed by atoms with Gasteiger partial charge in [-0.1, -0.05) is 0 Å². The fourth-order valence-electron chi connectivity index (χ4n) is 1.74. The summed E-state index contributed by atoms with van der Waals surface area (Å²) < 4.78 is 2.02. The molecule has 1 N–H and O–H groups in total. The first-order chi connectivity index (χ1) is 5.88. The lowest BCUT2D eigenvalue weighted by atomic mass is 9.97. The molecule has 0 radical (unpaired) electrons. The molecular formula is C8H14N4. The maximum atomic E-state index is 4.12. The number of hydrogen-bond donors (Lipinski definition) is 1. The van der Waals surface area contributed by atoms with E-state index in [1.165, 1.54) is 12.8 Å². The van der Waals surface area contributed by atoms with Gasteiger partial charge in [0.1, 0.15) is 12.2 Å². The van der Waals surface area contributed by atoms with Gasteiger partial charge in [0.05, 0.1) is 0 Å². The summed E-state index contributed by atoms with van der Waals surface area (Å²) in [5, 5.41) is 11.4. The predicted molar refractivity (Wildman–Crippen MR) is 45.8 cm³/mol. The Morgan fingerprint density at radius 3 is 2.83 bits per heavy atom. The summed E-state index contributed by atoms with van der Waals surface area (Å²) in [5.41, 5.74) is 0. The SMILES string of the molecule is Cn1cnnc1C1CCNCC1. The van der Waals surface area contributed by atoms with E-state index in [4.69, 9.17) is 0 Å². The van der Waals surface area contributed by atoms with E-state index in [9.17, 15) is 0 Å². The molecule has 0 aromatic carbocycles. The summed E-state index contributed by atoms with van der Waals surface area (Å²) in [6, 6.07) is 0. The van der Waals surface area contributed by atoms with E-state index in [2.05, 4.69) is 15.5 Å². The van der Waals surface area contributed by atoms with Crippen LogP contribution < -0.4 is 5.32 Å². The number of hydrogen-bond acceptors (Lipinski definition) is 3. The lowest BCUT2D eigenvalue weighted by Crippen LogP contribution is -2.27. The Balaban J connectivity index is 2.13. The number of rotatable bonds is 1. The number of nitrogens with one attached hydrogen (secondary N) is 1. The molecule has 1 aliphatic heterocycles. The minimum Gasteiger partial charge on any atom is -0.320 e. The topological polar surface area (TPSA) is 42.7 Å². The smallest absolute Gasteiger partial charge is 0.135 e. The molecule has 0 bridgehead atoms. The second-order valence-electron chi connectivity index (χ2n) is 3.32. The van der Waals surface area contributed by atoms with Crippen LogP contribution in [-0.4, -0.2) is 27.9 Å². The summed E-state index contributed by atoms with van der Waals surface area (Å²) in [7, 11) is 2.01. The van der Waals surface area contributed by atoms with Gasteiger partial charge in [-0.05, 0) is 25.9 Å². The number of aromatic nitrogens is 3. The van der Waals surface area contributed by atoms with Gasteiger partial charge < -0.3 is 9.88 Å². The van der Waals surface area contributed by atoms with Crippen LogP contribution in [0.2, 0.25) is 0 Å². The van der Waals surface area contributed by atoms with Gasteiger partial charge in [-0.15, -0.1) is 10.2 Å². The van der Waals surface area contributed by atoms with Crippen molar-refractivity contribution in [3.8, 4) is 0 Å². The van der Waals surface area contributed by atoms with Gasteiger partial charge in [-0.2, -0.15) is 0 Å². The summed E-state index contributed by atoms with van der Waals surface area (Å²) in [4.78, 5) is 0. The Morgan fingerprint density at radius 1 is 1.50 bits per heavy atom. The lowest BCUT2D eigenvalue weighted by Gasteiger charge is -2.21. The molecule has 0 aliphatic carbocycles. The Labute approximate surface area is 72.0 Å². The molecular weight excluding hydrogens is 152 g/mol. The van der Waals surface area contributed by atoms with E-state index in [1.807, 2.05) is 11.6 Å². The van der Waals surface area contributed by atoms with Crippen molar-refractivity contribution in [2.45, 2.75) is 18.8 Å². The Kier molecular flexibility index (Phi) is 2.08. The van der Waals surface area contributed by atoms with Gasteiger partial charge >= 0.3 is 0 Å². The molecule has 4 nitrogen and oxygen atoms in total. The Bertz CT molecular complexity index is 249. The van der Waals surface area contributed by atoms with Gasteiger partial charge in [-0.25, -0.2) is 0 Å². The molecule has 2 heterocycles. The zero-order valence-corrected chi connectivity index (χ0v) is 7.32. The van der Waals surface area contributed by atoms with E-state index < -0.39 is 0 Å². The molecule has 0 unspecified atom stereocenters. The zero-order valence-electron chi connectivity index (χ0n) is 7.32. The van der Waals surface area contributed by atoms with Crippen molar-refractivity contribution in [3.63, 3.8) is 0 Å². The minimum atomic E-state index is 0.610. The van der Waals surface area contributed by atoms with Crippen molar-refractivity contribution in [2.75, 3.05) is 13.1 Å². The highest BCUT2D eigenvalue weighted by Crippen LogP contribution is 2.21. The molecule has 4 heteroatoms. The highest BCUT2D eigenvalue weighted by atomic mass is 15.2. The summed E-state index contributed by atoms with van der Waals surface area (Å²) >= 11 is 0. The summed E-state index contributed by atoms with van der Waals surface area (Å²) in [6.45, 7) is 2.22. The number of aryl methyl sites for hydroxylation is 1. The van der Waals surface area contributed by atoms with Crippen LogP contribution in [0.3, 0.4) is 0 Å². The van der Waals surface area contributed by atoms with Gasteiger partial charge in [0, 0.05) is 13.0 Å².